The predicted octanol–water partition coefficient (Wildman–Crippen LogP) is 0.334. The van der Waals surface area contributed by atoms with E-state index in [1.54, 1.807) is 56.3 Å². The lowest BCUT2D eigenvalue weighted by molar-refractivity contribution is -0.141. The maximum Gasteiger partial charge on any atom is 0.327 e. The predicted molar refractivity (Wildman–Crippen MR) is 160 cm³/mol. The minimum atomic E-state index is -1.27. The Hall–Kier alpha value is -3.75. The van der Waals surface area contributed by atoms with Crippen LogP contribution in [0.1, 0.15) is 25.0 Å². The molecule has 1 heterocycles. The molecule has 14 heteroatoms. The molecule has 226 valence electrons. The van der Waals surface area contributed by atoms with E-state index in [1.807, 2.05) is 0 Å². The molecule has 3 rings (SSSR count). The molecule has 0 saturated carbocycles. The number of benzene rings is 2. The van der Waals surface area contributed by atoms with Crippen molar-refractivity contribution in [1.29, 1.82) is 0 Å². The number of amides is 4. The summed E-state index contributed by atoms with van der Waals surface area (Å²) >= 11 is 0. The highest BCUT2D eigenvalue weighted by molar-refractivity contribution is 8.77. The zero-order chi connectivity index (χ0) is 30.9. The van der Waals surface area contributed by atoms with Crippen molar-refractivity contribution >= 4 is 51.2 Å². The third-order valence-electron chi connectivity index (χ3n) is 6.45. The highest BCUT2D eigenvalue weighted by Crippen LogP contribution is 2.38. The summed E-state index contributed by atoms with van der Waals surface area (Å²) in [5, 5.41) is 29.6. The molecule has 12 nitrogen and oxygen atoms in total. The lowest BCUT2D eigenvalue weighted by atomic mass is 10.0. The number of phenolic OH excluding ortho intramolecular Hbond substituents is 1. The Bertz CT molecular complexity index is 1280. The van der Waals surface area contributed by atoms with Gasteiger partial charge in [-0.2, -0.15) is 0 Å². The number of hydrogen-bond donors (Lipinski definition) is 7. The Kier molecular flexibility index (Phi) is 11.6. The summed E-state index contributed by atoms with van der Waals surface area (Å²) in [7, 11) is 2.28. The Morgan fingerprint density at radius 1 is 1.02 bits per heavy atom. The standard InChI is InChI=1S/C28H35N5O7S2/c1-28(2)23(33-24(36)19(29)12-17-8-10-18(34)11-9-17)26(38)30-14-22(35)31-20(13-16-6-4-3-5-7-16)25(37)32-21(27(39)40)15-41-42-28/h3-11,19-21,23,34H,12-15,29H2,1-2H3,(H,30,38)(H,31,35)(H,32,37)(H,33,36)(H,39,40)/t19?,20?,21-,23?/m1/s1. The molecule has 3 unspecified atom stereocenters. The third kappa shape index (κ3) is 9.67. The van der Waals surface area contributed by atoms with E-state index in [0.717, 1.165) is 27.2 Å². The van der Waals surface area contributed by atoms with Crippen molar-refractivity contribution in [2.45, 2.75) is 55.6 Å². The fraction of sp³-hybridized carbons (Fsp3) is 0.393. The molecule has 1 fully saturated rings. The molecule has 0 aliphatic carbocycles. The van der Waals surface area contributed by atoms with Crippen LogP contribution in [0.4, 0.5) is 0 Å². The van der Waals surface area contributed by atoms with E-state index >= 15 is 0 Å². The lowest BCUT2D eigenvalue weighted by Crippen LogP contribution is -2.60. The van der Waals surface area contributed by atoms with Gasteiger partial charge in [-0.25, -0.2) is 4.79 Å². The molecule has 0 bridgehead atoms. The van der Waals surface area contributed by atoms with Crippen molar-refractivity contribution in [3.63, 3.8) is 0 Å². The van der Waals surface area contributed by atoms with Crippen LogP contribution in [0.3, 0.4) is 0 Å². The second kappa shape index (κ2) is 14.9. The van der Waals surface area contributed by atoms with Crippen LogP contribution in [0.15, 0.2) is 54.6 Å². The quantitative estimate of drug-likeness (QED) is 0.213. The number of phenols is 1. The normalized spacial score (nSPS) is 22.5. The molecule has 1 saturated heterocycles. The average Bonchev–Trinajstić information content (AvgIpc) is 2.94. The first kappa shape index (κ1) is 32.8. The summed E-state index contributed by atoms with van der Waals surface area (Å²) in [5.41, 5.74) is 7.58. The van der Waals surface area contributed by atoms with E-state index in [2.05, 4.69) is 21.3 Å². The Balaban J connectivity index is 1.79. The molecular weight excluding hydrogens is 582 g/mol. The van der Waals surface area contributed by atoms with Crippen molar-refractivity contribution in [2.24, 2.45) is 5.73 Å². The van der Waals surface area contributed by atoms with Gasteiger partial charge in [-0.3, -0.25) is 19.2 Å². The molecule has 0 radical (unpaired) electrons. The van der Waals surface area contributed by atoms with Gasteiger partial charge < -0.3 is 37.2 Å². The monoisotopic (exact) mass is 617 g/mol. The number of aromatic hydroxyl groups is 1. The molecule has 42 heavy (non-hydrogen) atoms. The van der Waals surface area contributed by atoms with E-state index in [0.29, 0.717) is 5.56 Å². The van der Waals surface area contributed by atoms with E-state index in [9.17, 15) is 34.2 Å². The van der Waals surface area contributed by atoms with Gasteiger partial charge in [0.2, 0.25) is 23.6 Å². The summed E-state index contributed by atoms with van der Waals surface area (Å²) < 4.78 is -0.994. The van der Waals surface area contributed by atoms with Crippen LogP contribution < -0.4 is 27.0 Å². The fourth-order valence-corrected chi connectivity index (χ4v) is 6.91. The molecule has 0 aromatic heterocycles. The van der Waals surface area contributed by atoms with Gasteiger partial charge in [-0.15, -0.1) is 0 Å². The van der Waals surface area contributed by atoms with Crippen molar-refractivity contribution in [3.8, 4) is 5.75 Å². The molecule has 1 aliphatic rings. The van der Waals surface area contributed by atoms with Gasteiger partial charge in [0.25, 0.3) is 0 Å². The number of aliphatic carboxylic acids is 1. The molecular formula is C28H35N5O7S2. The lowest BCUT2D eigenvalue weighted by Gasteiger charge is -2.34. The molecule has 0 spiro atoms. The van der Waals surface area contributed by atoms with Gasteiger partial charge in [0, 0.05) is 16.9 Å². The van der Waals surface area contributed by atoms with Crippen LogP contribution in [0, 0.1) is 0 Å². The van der Waals surface area contributed by atoms with Crippen molar-refractivity contribution in [2.75, 3.05) is 12.3 Å². The maximum atomic E-state index is 13.3. The number of carboxylic acids is 1. The molecule has 2 aromatic rings. The van der Waals surface area contributed by atoms with Crippen LogP contribution in [-0.4, -0.2) is 81.0 Å². The van der Waals surface area contributed by atoms with E-state index in [1.165, 1.54) is 12.1 Å². The van der Waals surface area contributed by atoms with Crippen molar-refractivity contribution in [1.82, 2.24) is 21.3 Å². The van der Waals surface area contributed by atoms with Gasteiger partial charge in [0.05, 0.1) is 12.6 Å². The number of rotatable bonds is 7. The molecule has 8 N–H and O–H groups in total. The van der Waals surface area contributed by atoms with Crippen molar-refractivity contribution in [3.05, 3.63) is 65.7 Å². The van der Waals surface area contributed by atoms with Gasteiger partial charge >= 0.3 is 5.97 Å². The largest absolute Gasteiger partial charge is 0.508 e. The highest BCUT2D eigenvalue weighted by atomic mass is 33.1. The number of hydrogen-bond acceptors (Lipinski definition) is 9. The minimum Gasteiger partial charge on any atom is -0.508 e. The van der Waals surface area contributed by atoms with E-state index < -0.39 is 65.1 Å². The van der Waals surface area contributed by atoms with Gasteiger partial charge in [0.15, 0.2) is 0 Å². The number of carboxylic acid groups (broad SMARTS) is 1. The maximum absolute atomic E-state index is 13.3. The average molecular weight is 618 g/mol. The molecule has 2 aromatic carbocycles. The number of nitrogens with two attached hydrogens (primary N) is 1. The number of carbonyl (C=O) groups is 5. The number of carbonyl (C=O) groups excluding carboxylic acids is 4. The Morgan fingerprint density at radius 2 is 1.69 bits per heavy atom. The summed E-state index contributed by atoms with van der Waals surface area (Å²) in [4.78, 5) is 64.3. The SMILES string of the molecule is CC1(C)SSC[C@H](C(=O)O)NC(=O)C(Cc2ccccc2)NC(=O)CNC(=O)C1NC(=O)C(N)Cc1ccc(O)cc1. The van der Waals surface area contributed by atoms with Gasteiger partial charge in [0.1, 0.15) is 23.9 Å². The molecule has 4 atom stereocenters. The van der Waals surface area contributed by atoms with Crippen molar-refractivity contribution < 1.29 is 34.2 Å². The van der Waals surface area contributed by atoms with E-state index in [-0.39, 0.29) is 24.3 Å². The molecule has 1 aliphatic heterocycles. The van der Waals surface area contributed by atoms with E-state index in [4.69, 9.17) is 5.73 Å². The first-order valence-electron chi connectivity index (χ1n) is 13.1. The zero-order valence-corrected chi connectivity index (χ0v) is 24.8. The van der Waals surface area contributed by atoms with Crippen LogP contribution in [0.2, 0.25) is 0 Å². The smallest absolute Gasteiger partial charge is 0.327 e. The topological polar surface area (TPSA) is 200 Å². The first-order chi connectivity index (χ1) is 19.9. The molecule has 4 amide bonds. The van der Waals surface area contributed by atoms with Gasteiger partial charge in [-0.1, -0.05) is 64.1 Å². The Labute approximate surface area is 251 Å². The third-order valence-corrected chi connectivity index (χ3v) is 9.76. The zero-order valence-electron chi connectivity index (χ0n) is 23.2. The second-order valence-electron chi connectivity index (χ2n) is 10.3. The summed E-state index contributed by atoms with van der Waals surface area (Å²) in [6.07, 6.45) is 0.249. The summed E-state index contributed by atoms with van der Waals surface area (Å²) in [5.74, 6) is -3.82. The first-order valence-corrected chi connectivity index (χ1v) is 15.5. The van der Waals surface area contributed by atoms with Crippen LogP contribution in [0.5, 0.6) is 5.75 Å². The Morgan fingerprint density at radius 3 is 2.33 bits per heavy atom. The van der Waals surface area contributed by atoms with Crippen LogP contribution in [0.25, 0.3) is 0 Å². The van der Waals surface area contributed by atoms with Gasteiger partial charge in [-0.05, 0) is 43.5 Å². The summed E-state index contributed by atoms with van der Waals surface area (Å²) in [6, 6.07) is 10.6. The second-order valence-corrected chi connectivity index (χ2v) is 13.3. The highest BCUT2D eigenvalue weighted by Gasteiger charge is 2.39. The summed E-state index contributed by atoms with van der Waals surface area (Å²) in [6.45, 7) is 2.90. The van der Waals surface area contributed by atoms with Crippen LogP contribution in [-0.2, 0) is 36.8 Å². The minimum absolute atomic E-state index is 0.0518. The van der Waals surface area contributed by atoms with Crippen LogP contribution >= 0.6 is 21.6 Å². The number of nitrogens with one attached hydrogen (secondary N) is 4. The fourth-order valence-electron chi connectivity index (χ4n) is 4.11.